The van der Waals surface area contributed by atoms with Crippen LogP contribution in [-0.2, 0) is 4.74 Å². The van der Waals surface area contributed by atoms with Gasteiger partial charge in [0.2, 0.25) is 0 Å². The first-order valence-corrected chi connectivity index (χ1v) is 5.93. The van der Waals surface area contributed by atoms with Gasteiger partial charge in [0, 0.05) is 14.0 Å². The summed E-state index contributed by atoms with van der Waals surface area (Å²) < 4.78 is 30.3. The predicted octanol–water partition coefficient (Wildman–Crippen LogP) is 4.43. The summed E-state index contributed by atoms with van der Waals surface area (Å²) in [6, 6.07) is 0. The van der Waals surface area contributed by atoms with E-state index in [2.05, 4.69) is 13.8 Å². The van der Waals surface area contributed by atoms with Crippen molar-refractivity contribution in [1.29, 1.82) is 0 Å². The first-order chi connectivity index (χ1) is 7.39. The lowest BCUT2D eigenvalue weighted by atomic mass is 9.79. The zero-order valence-corrected chi connectivity index (χ0v) is 10.9. The van der Waals surface area contributed by atoms with Crippen LogP contribution in [0.1, 0.15) is 46.5 Å². The Morgan fingerprint density at radius 2 is 1.75 bits per heavy atom. The van der Waals surface area contributed by atoms with Crippen molar-refractivity contribution in [2.75, 3.05) is 13.7 Å². The van der Waals surface area contributed by atoms with E-state index in [-0.39, 0.29) is 5.41 Å². The van der Waals surface area contributed by atoms with Gasteiger partial charge in [-0.25, -0.2) is 8.78 Å². The van der Waals surface area contributed by atoms with Crippen LogP contribution in [-0.4, -0.2) is 19.6 Å². The molecule has 96 valence electrons. The Labute approximate surface area is 97.9 Å². The lowest BCUT2D eigenvalue weighted by Gasteiger charge is -2.30. The molecule has 0 radical (unpaired) electrons. The quantitative estimate of drug-likeness (QED) is 0.564. The molecule has 0 rings (SSSR count). The zero-order chi connectivity index (χ0) is 12.7. The van der Waals surface area contributed by atoms with Crippen molar-refractivity contribution in [3.05, 3.63) is 12.2 Å². The van der Waals surface area contributed by atoms with Gasteiger partial charge in [-0.15, -0.1) is 0 Å². The number of rotatable bonds is 8. The van der Waals surface area contributed by atoms with Crippen molar-refractivity contribution in [2.24, 2.45) is 5.41 Å². The van der Waals surface area contributed by atoms with Gasteiger partial charge in [-0.2, -0.15) is 0 Å². The molecule has 1 nitrogen and oxygen atoms in total. The Morgan fingerprint density at radius 3 is 2.12 bits per heavy atom. The third-order valence-electron chi connectivity index (χ3n) is 3.20. The maximum absolute atomic E-state index is 12.5. The Balaban J connectivity index is 4.17. The Morgan fingerprint density at radius 1 is 1.19 bits per heavy atom. The second-order valence-electron chi connectivity index (χ2n) is 4.54. The summed E-state index contributed by atoms with van der Waals surface area (Å²) in [6.07, 6.45) is 6.20. The van der Waals surface area contributed by atoms with Gasteiger partial charge in [-0.05, 0) is 37.2 Å². The van der Waals surface area contributed by atoms with E-state index in [1.54, 1.807) is 13.2 Å². The van der Waals surface area contributed by atoms with E-state index in [1.807, 2.05) is 0 Å². The minimum atomic E-state index is -2.69. The number of methoxy groups -OCH3 is 1. The summed E-state index contributed by atoms with van der Waals surface area (Å²) in [5.74, 6) is -2.69. The largest absolute Gasteiger partial charge is 0.384 e. The van der Waals surface area contributed by atoms with Crippen LogP contribution in [0.15, 0.2) is 12.2 Å². The topological polar surface area (TPSA) is 9.23 Å². The minimum absolute atomic E-state index is 0.141. The van der Waals surface area contributed by atoms with E-state index >= 15 is 0 Å². The second-order valence-corrected chi connectivity index (χ2v) is 4.54. The van der Waals surface area contributed by atoms with Gasteiger partial charge in [0.15, 0.2) is 0 Å². The number of halogens is 2. The number of allylic oxidation sites excluding steroid dienone is 2. The molecule has 0 saturated heterocycles. The molecule has 16 heavy (non-hydrogen) atoms. The number of hydrogen-bond donors (Lipinski definition) is 0. The molecule has 0 saturated carbocycles. The van der Waals surface area contributed by atoms with Crippen molar-refractivity contribution >= 4 is 0 Å². The van der Waals surface area contributed by atoms with Crippen LogP contribution in [0.5, 0.6) is 0 Å². The SMILES string of the molecule is CCC(CC)(CC/C=C/C(C)(F)F)COC. The Hall–Kier alpha value is -0.440. The van der Waals surface area contributed by atoms with E-state index < -0.39 is 5.92 Å². The summed E-state index contributed by atoms with van der Waals surface area (Å²) in [7, 11) is 1.69. The van der Waals surface area contributed by atoms with Crippen LogP contribution in [0.2, 0.25) is 0 Å². The highest BCUT2D eigenvalue weighted by Crippen LogP contribution is 2.32. The fourth-order valence-corrected chi connectivity index (χ4v) is 1.87. The molecule has 0 unspecified atom stereocenters. The molecule has 3 heteroatoms. The van der Waals surface area contributed by atoms with Crippen molar-refractivity contribution in [1.82, 2.24) is 0 Å². The first kappa shape index (κ1) is 15.6. The van der Waals surface area contributed by atoms with Crippen LogP contribution in [0.4, 0.5) is 8.78 Å². The molecule has 0 aliphatic heterocycles. The van der Waals surface area contributed by atoms with Crippen molar-refractivity contribution in [3.63, 3.8) is 0 Å². The van der Waals surface area contributed by atoms with E-state index in [9.17, 15) is 8.78 Å². The average molecular weight is 234 g/mol. The molecule has 0 aromatic carbocycles. The molecule has 0 spiro atoms. The van der Waals surface area contributed by atoms with Gasteiger partial charge >= 0.3 is 0 Å². The third kappa shape index (κ3) is 6.21. The van der Waals surface area contributed by atoms with Crippen LogP contribution in [0, 0.1) is 5.41 Å². The van der Waals surface area contributed by atoms with Crippen molar-refractivity contribution < 1.29 is 13.5 Å². The summed E-state index contributed by atoms with van der Waals surface area (Å²) in [6.45, 7) is 5.86. The molecule has 0 fully saturated rings. The summed E-state index contributed by atoms with van der Waals surface area (Å²) >= 11 is 0. The molecule has 0 aliphatic rings. The standard InChI is InChI=1S/C13H24F2O/c1-5-13(6-2,11-16-4)10-8-7-9-12(3,14)15/h7,9H,5-6,8,10-11H2,1-4H3/b9-7+. The fourth-order valence-electron chi connectivity index (χ4n) is 1.87. The van der Waals surface area contributed by atoms with Gasteiger partial charge in [-0.3, -0.25) is 0 Å². The third-order valence-corrected chi connectivity index (χ3v) is 3.20. The molecule has 0 amide bonds. The second kappa shape index (κ2) is 7.00. The molecular formula is C13H24F2O. The number of ether oxygens (including phenoxy) is 1. The minimum Gasteiger partial charge on any atom is -0.384 e. The highest BCUT2D eigenvalue weighted by molar-refractivity contribution is 4.93. The lowest BCUT2D eigenvalue weighted by molar-refractivity contribution is 0.0649. The van der Waals surface area contributed by atoms with Gasteiger partial charge in [0.25, 0.3) is 5.92 Å². The molecule has 0 bridgehead atoms. The zero-order valence-electron chi connectivity index (χ0n) is 10.9. The van der Waals surface area contributed by atoms with Gasteiger partial charge in [-0.1, -0.05) is 19.9 Å². The predicted molar refractivity (Wildman–Crippen MR) is 63.9 cm³/mol. The molecule has 0 aromatic rings. The maximum Gasteiger partial charge on any atom is 0.263 e. The molecule has 0 N–H and O–H groups in total. The maximum atomic E-state index is 12.5. The fraction of sp³-hybridized carbons (Fsp3) is 0.846. The Kier molecular flexibility index (Phi) is 6.81. The smallest absolute Gasteiger partial charge is 0.263 e. The Bertz CT molecular complexity index is 202. The first-order valence-electron chi connectivity index (χ1n) is 5.93. The number of hydrogen-bond acceptors (Lipinski definition) is 1. The number of alkyl halides is 2. The molecule has 0 heterocycles. The van der Waals surface area contributed by atoms with Gasteiger partial charge < -0.3 is 4.74 Å². The van der Waals surface area contributed by atoms with Gasteiger partial charge in [0.05, 0.1) is 6.61 Å². The van der Waals surface area contributed by atoms with E-state index in [1.165, 1.54) is 0 Å². The van der Waals surface area contributed by atoms with Crippen LogP contribution >= 0.6 is 0 Å². The van der Waals surface area contributed by atoms with E-state index in [0.29, 0.717) is 13.0 Å². The normalized spacial score (nSPS) is 13.6. The van der Waals surface area contributed by atoms with E-state index in [4.69, 9.17) is 4.74 Å². The highest BCUT2D eigenvalue weighted by Gasteiger charge is 2.25. The summed E-state index contributed by atoms with van der Waals surface area (Å²) in [5, 5.41) is 0. The molecule has 0 atom stereocenters. The lowest BCUT2D eigenvalue weighted by Crippen LogP contribution is -2.24. The monoisotopic (exact) mass is 234 g/mol. The molecule has 0 aliphatic carbocycles. The van der Waals surface area contributed by atoms with Gasteiger partial charge in [0.1, 0.15) is 0 Å². The highest BCUT2D eigenvalue weighted by atomic mass is 19.3. The van der Waals surface area contributed by atoms with Crippen LogP contribution < -0.4 is 0 Å². The molecular weight excluding hydrogens is 210 g/mol. The van der Waals surface area contributed by atoms with Crippen LogP contribution in [0.25, 0.3) is 0 Å². The molecule has 0 aromatic heterocycles. The summed E-state index contributed by atoms with van der Waals surface area (Å²) in [5.41, 5.74) is 0.141. The average Bonchev–Trinajstić information content (AvgIpc) is 2.21. The van der Waals surface area contributed by atoms with Crippen LogP contribution in [0.3, 0.4) is 0 Å². The van der Waals surface area contributed by atoms with Crippen molar-refractivity contribution in [3.8, 4) is 0 Å². The van der Waals surface area contributed by atoms with E-state index in [0.717, 1.165) is 32.3 Å². The van der Waals surface area contributed by atoms with Crippen molar-refractivity contribution in [2.45, 2.75) is 52.4 Å². The summed E-state index contributed by atoms with van der Waals surface area (Å²) in [4.78, 5) is 0.